The highest BCUT2D eigenvalue weighted by atomic mass is 16.6. The highest BCUT2D eigenvalue weighted by Crippen LogP contribution is 2.29. The van der Waals surface area contributed by atoms with Crippen LogP contribution in [0.15, 0.2) is 60.3 Å². The molecule has 0 spiro atoms. The van der Waals surface area contributed by atoms with Crippen molar-refractivity contribution in [3.63, 3.8) is 0 Å². The normalized spacial score (nSPS) is 10.5. The van der Waals surface area contributed by atoms with E-state index in [-0.39, 0.29) is 22.7 Å². The standard InChI is InChI=1S/C18H16N4O4/c1-26-17-9-15(22(24)25)7-8-16(17)21-18(23)14(10-19)12-20-11-13-5-3-2-4-6-13/h2-9,12,20H,11H2,1H3,(H,21,23)/b14-12-. The van der Waals surface area contributed by atoms with Gasteiger partial charge < -0.3 is 15.4 Å². The maximum absolute atomic E-state index is 12.2. The van der Waals surface area contributed by atoms with E-state index in [9.17, 15) is 20.2 Å². The minimum atomic E-state index is -0.653. The van der Waals surface area contributed by atoms with Crippen LogP contribution in [0.4, 0.5) is 11.4 Å². The van der Waals surface area contributed by atoms with Crippen molar-refractivity contribution in [3.05, 3.63) is 76.0 Å². The Labute approximate surface area is 149 Å². The highest BCUT2D eigenvalue weighted by Gasteiger charge is 2.15. The van der Waals surface area contributed by atoms with Crippen LogP contribution < -0.4 is 15.4 Å². The summed E-state index contributed by atoms with van der Waals surface area (Å²) in [6.07, 6.45) is 1.32. The summed E-state index contributed by atoms with van der Waals surface area (Å²) in [6, 6.07) is 15.1. The summed E-state index contributed by atoms with van der Waals surface area (Å²) >= 11 is 0. The van der Waals surface area contributed by atoms with Crippen LogP contribution in [0.1, 0.15) is 5.56 Å². The molecule has 0 aromatic heterocycles. The summed E-state index contributed by atoms with van der Waals surface area (Å²) < 4.78 is 5.05. The van der Waals surface area contributed by atoms with Crippen LogP contribution in [0, 0.1) is 21.4 Å². The summed E-state index contributed by atoms with van der Waals surface area (Å²) in [5, 5.41) is 25.4. The zero-order chi connectivity index (χ0) is 18.9. The van der Waals surface area contributed by atoms with Crippen LogP contribution in [0.5, 0.6) is 5.75 Å². The van der Waals surface area contributed by atoms with Crippen LogP contribution in [0.3, 0.4) is 0 Å². The van der Waals surface area contributed by atoms with E-state index in [1.54, 1.807) is 0 Å². The quantitative estimate of drug-likeness (QED) is 0.342. The van der Waals surface area contributed by atoms with Gasteiger partial charge in [0.25, 0.3) is 11.6 Å². The number of benzene rings is 2. The Morgan fingerprint density at radius 2 is 2.04 bits per heavy atom. The third-order valence-electron chi connectivity index (χ3n) is 3.40. The van der Waals surface area contributed by atoms with Crippen LogP contribution in [0.2, 0.25) is 0 Å². The van der Waals surface area contributed by atoms with Gasteiger partial charge in [0, 0.05) is 18.8 Å². The molecule has 0 saturated carbocycles. The molecule has 132 valence electrons. The highest BCUT2D eigenvalue weighted by molar-refractivity contribution is 6.07. The van der Waals surface area contributed by atoms with Crippen molar-refractivity contribution in [3.8, 4) is 11.8 Å². The van der Waals surface area contributed by atoms with Gasteiger partial charge in [-0.25, -0.2) is 0 Å². The van der Waals surface area contributed by atoms with E-state index in [2.05, 4.69) is 10.6 Å². The summed E-state index contributed by atoms with van der Waals surface area (Å²) in [6.45, 7) is 0.458. The molecule has 26 heavy (non-hydrogen) atoms. The number of ether oxygens (including phenoxy) is 1. The smallest absolute Gasteiger partial charge is 0.273 e. The molecular weight excluding hydrogens is 336 g/mol. The topological polar surface area (TPSA) is 117 Å². The van der Waals surface area contributed by atoms with E-state index in [0.29, 0.717) is 6.54 Å². The zero-order valence-electron chi connectivity index (χ0n) is 13.9. The van der Waals surface area contributed by atoms with Gasteiger partial charge in [0.05, 0.1) is 23.8 Å². The number of hydrogen-bond acceptors (Lipinski definition) is 6. The van der Waals surface area contributed by atoms with Crippen LogP contribution in [-0.2, 0) is 11.3 Å². The van der Waals surface area contributed by atoms with E-state index in [1.165, 1.54) is 31.5 Å². The molecule has 0 heterocycles. The van der Waals surface area contributed by atoms with Crippen molar-refractivity contribution in [2.75, 3.05) is 12.4 Å². The van der Waals surface area contributed by atoms with Crippen LogP contribution in [-0.4, -0.2) is 17.9 Å². The molecule has 2 rings (SSSR count). The molecule has 0 atom stereocenters. The van der Waals surface area contributed by atoms with Gasteiger partial charge in [-0.2, -0.15) is 5.26 Å². The number of carbonyl (C=O) groups excluding carboxylic acids is 1. The molecule has 0 aliphatic heterocycles. The average molecular weight is 352 g/mol. The van der Waals surface area contributed by atoms with Gasteiger partial charge in [0.2, 0.25) is 0 Å². The molecule has 0 unspecified atom stereocenters. The Morgan fingerprint density at radius 3 is 2.65 bits per heavy atom. The molecule has 2 N–H and O–H groups in total. The number of rotatable bonds is 7. The lowest BCUT2D eigenvalue weighted by Gasteiger charge is -2.09. The maximum Gasteiger partial charge on any atom is 0.273 e. The van der Waals surface area contributed by atoms with Gasteiger partial charge in [-0.15, -0.1) is 0 Å². The SMILES string of the molecule is COc1cc([N+](=O)[O-])ccc1NC(=O)/C(C#N)=C\NCc1ccccc1. The number of non-ortho nitro benzene ring substituents is 1. The minimum absolute atomic E-state index is 0.127. The number of nitrogens with one attached hydrogen (secondary N) is 2. The van der Waals surface area contributed by atoms with Gasteiger partial charge in [0.15, 0.2) is 0 Å². The second kappa shape index (κ2) is 8.84. The summed E-state index contributed by atoms with van der Waals surface area (Å²) in [5.74, 6) is -0.526. The number of amides is 1. The Balaban J connectivity index is 2.08. The molecule has 0 aliphatic rings. The molecule has 8 heteroatoms. The lowest BCUT2D eigenvalue weighted by molar-refractivity contribution is -0.384. The molecule has 0 aliphatic carbocycles. The van der Waals surface area contributed by atoms with E-state index in [1.807, 2.05) is 36.4 Å². The Kier molecular flexibility index (Phi) is 6.28. The fourth-order valence-corrected chi connectivity index (χ4v) is 2.10. The number of nitrogens with zero attached hydrogens (tertiary/aromatic N) is 2. The van der Waals surface area contributed by atoms with Crippen molar-refractivity contribution in [1.29, 1.82) is 5.26 Å². The number of carbonyl (C=O) groups is 1. The zero-order valence-corrected chi connectivity index (χ0v) is 13.9. The minimum Gasteiger partial charge on any atom is -0.494 e. The largest absolute Gasteiger partial charge is 0.494 e. The van der Waals surface area contributed by atoms with Gasteiger partial charge in [-0.3, -0.25) is 14.9 Å². The Hall–Kier alpha value is -3.86. The first-order chi connectivity index (χ1) is 12.5. The van der Waals surface area contributed by atoms with Crippen molar-refractivity contribution in [2.24, 2.45) is 0 Å². The van der Waals surface area contributed by atoms with Crippen molar-refractivity contribution in [1.82, 2.24) is 5.32 Å². The van der Waals surface area contributed by atoms with Crippen LogP contribution in [0.25, 0.3) is 0 Å². The first-order valence-electron chi connectivity index (χ1n) is 7.56. The van der Waals surface area contributed by atoms with Gasteiger partial charge >= 0.3 is 0 Å². The number of nitriles is 1. The molecule has 0 fully saturated rings. The molecule has 0 saturated heterocycles. The van der Waals surface area contributed by atoms with E-state index >= 15 is 0 Å². The molecule has 2 aromatic rings. The summed E-state index contributed by atoms with van der Waals surface area (Å²) in [4.78, 5) is 22.5. The van der Waals surface area contributed by atoms with E-state index in [4.69, 9.17) is 4.74 Å². The Morgan fingerprint density at radius 1 is 1.31 bits per heavy atom. The lowest BCUT2D eigenvalue weighted by Crippen LogP contribution is -2.17. The Bertz CT molecular complexity index is 873. The molecule has 0 radical (unpaired) electrons. The first-order valence-corrected chi connectivity index (χ1v) is 7.56. The second-order valence-electron chi connectivity index (χ2n) is 5.13. The predicted octanol–water partition coefficient (Wildman–Crippen LogP) is 2.74. The maximum atomic E-state index is 12.2. The number of nitro benzene ring substituents is 1. The fourth-order valence-electron chi connectivity index (χ4n) is 2.10. The summed E-state index contributed by atoms with van der Waals surface area (Å²) in [5.41, 5.74) is 0.924. The number of hydrogen-bond donors (Lipinski definition) is 2. The van der Waals surface area contributed by atoms with Crippen molar-refractivity contribution in [2.45, 2.75) is 6.54 Å². The fraction of sp³-hybridized carbons (Fsp3) is 0.111. The van der Waals surface area contributed by atoms with Gasteiger partial charge in [0.1, 0.15) is 17.4 Å². The molecule has 0 bridgehead atoms. The summed E-state index contributed by atoms with van der Waals surface area (Å²) in [7, 11) is 1.33. The monoisotopic (exact) mass is 352 g/mol. The van der Waals surface area contributed by atoms with Crippen LogP contribution >= 0.6 is 0 Å². The van der Waals surface area contributed by atoms with Crippen molar-refractivity contribution >= 4 is 17.3 Å². The third-order valence-corrected chi connectivity index (χ3v) is 3.40. The van der Waals surface area contributed by atoms with Gasteiger partial charge in [-0.05, 0) is 11.6 Å². The lowest BCUT2D eigenvalue weighted by atomic mass is 10.2. The molecule has 1 amide bonds. The molecule has 8 nitrogen and oxygen atoms in total. The van der Waals surface area contributed by atoms with Gasteiger partial charge in [-0.1, -0.05) is 30.3 Å². The molecular formula is C18H16N4O4. The third kappa shape index (κ3) is 4.82. The first kappa shape index (κ1) is 18.5. The number of anilines is 1. The second-order valence-corrected chi connectivity index (χ2v) is 5.13. The number of methoxy groups -OCH3 is 1. The van der Waals surface area contributed by atoms with E-state index < -0.39 is 10.8 Å². The van der Waals surface area contributed by atoms with Crippen molar-refractivity contribution < 1.29 is 14.5 Å². The van der Waals surface area contributed by atoms with E-state index in [0.717, 1.165) is 5.56 Å². The molecule has 2 aromatic carbocycles. The number of nitro groups is 1. The average Bonchev–Trinajstić information content (AvgIpc) is 2.66. The predicted molar refractivity (Wildman–Crippen MR) is 95.3 cm³/mol.